The van der Waals surface area contributed by atoms with E-state index >= 15 is 0 Å². The van der Waals surface area contributed by atoms with Crippen molar-refractivity contribution in [1.82, 2.24) is 15.1 Å². The van der Waals surface area contributed by atoms with E-state index in [1.54, 1.807) is 18.0 Å². The van der Waals surface area contributed by atoms with E-state index in [0.29, 0.717) is 33.8 Å². The maximum absolute atomic E-state index is 13.8. The number of carbonyl (C=O) groups excluding carboxylic acids is 1. The van der Waals surface area contributed by atoms with Crippen molar-refractivity contribution in [3.8, 4) is 0 Å². The Morgan fingerprint density at radius 2 is 1.88 bits per heavy atom. The number of fused-ring (bicyclic) bond motifs is 1. The first-order valence-electron chi connectivity index (χ1n) is 10.9. The van der Waals surface area contributed by atoms with Gasteiger partial charge in [-0.05, 0) is 42.2 Å². The zero-order valence-corrected chi connectivity index (χ0v) is 19.1. The van der Waals surface area contributed by atoms with E-state index in [-0.39, 0.29) is 18.6 Å². The van der Waals surface area contributed by atoms with E-state index in [2.05, 4.69) is 17.1 Å². The minimum atomic E-state index is -0.923. The van der Waals surface area contributed by atoms with E-state index in [1.165, 1.54) is 10.5 Å². The lowest BCUT2D eigenvalue weighted by molar-refractivity contribution is 0.216. The summed E-state index contributed by atoms with van der Waals surface area (Å²) in [6, 6.07) is 9.87. The summed E-state index contributed by atoms with van der Waals surface area (Å²) in [5.41, 5.74) is 2.27. The fraction of sp³-hybridized carbons (Fsp3) is 0.333. The lowest BCUT2D eigenvalue weighted by Crippen LogP contribution is -2.49. The number of hydrogen-bond donors (Lipinski definition) is 1. The van der Waals surface area contributed by atoms with Gasteiger partial charge in [0.1, 0.15) is 12.5 Å². The Balaban J connectivity index is 1.35. The summed E-state index contributed by atoms with van der Waals surface area (Å²) >= 11 is 5.99. The van der Waals surface area contributed by atoms with Gasteiger partial charge in [-0.25, -0.2) is 18.6 Å². The number of likely N-dealkylation sites (tertiary alicyclic amines) is 1. The van der Waals surface area contributed by atoms with Crippen LogP contribution < -0.4 is 10.2 Å². The largest absolute Gasteiger partial charge is 0.329 e. The van der Waals surface area contributed by atoms with Gasteiger partial charge in [-0.2, -0.15) is 0 Å². The maximum Gasteiger partial charge on any atom is 0.329 e. The molecule has 2 atom stereocenters. The number of urea groups is 1. The Kier molecular flexibility index (Phi) is 5.58. The molecule has 5 rings (SSSR count). The van der Waals surface area contributed by atoms with E-state index in [4.69, 9.17) is 16.6 Å². The van der Waals surface area contributed by atoms with Gasteiger partial charge in [-0.1, -0.05) is 30.7 Å². The van der Waals surface area contributed by atoms with Crippen molar-refractivity contribution in [3.05, 3.63) is 76.2 Å². The van der Waals surface area contributed by atoms with Crippen LogP contribution in [0.15, 0.2) is 53.4 Å². The standard InChI is InChI=1S/C24H24ClF2N5O/c1-14-7-19(26)20(27)8-21(14)31-12-22-28-23(29-24(33)32(22)13-31)18-11-30(9-15(18)2)10-16-3-5-17(25)6-4-16/h3-8,12,15,18H,9-11,13H2,1-2H3,(H,28,29,33). The quantitative estimate of drug-likeness (QED) is 0.703. The summed E-state index contributed by atoms with van der Waals surface area (Å²) in [5.74, 6) is -0.262. The van der Waals surface area contributed by atoms with Gasteiger partial charge < -0.3 is 4.90 Å². The van der Waals surface area contributed by atoms with Gasteiger partial charge in [0, 0.05) is 48.5 Å². The summed E-state index contributed by atoms with van der Waals surface area (Å²) in [4.78, 5) is 23.1. The van der Waals surface area contributed by atoms with Gasteiger partial charge in [0.15, 0.2) is 17.5 Å². The predicted octanol–water partition coefficient (Wildman–Crippen LogP) is 4.69. The van der Waals surface area contributed by atoms with Crippen LogP contribution in [0.4, 0.5) is 19.3 Å². The van der Waals surface area contributed by atoms with Crippen LogP contribution in [0.25, 0.3) is 0 Å². The first kappa shape index (κ1) is 21.9. The molecule has 0 radical (unpaired) electrons. The molecule has 1 saturated heterocycles. The topological polar surface area (TPSA) is 51.2 Å². The van der Waals surface area contributed by atoms with E-state index in [0.717, 1.165) is 31.8 Å². The Labute approximate surface area is 196 Å². The first-order valence-corrected chi connectivity index (χ1v) is 11.2. The molecular weight excluding hydrogens is 448 g/mol. The molecule has 3 heterocycles. The van der Waals surface area contributed by atoms with Gasteiger partial charge in [0.05, 0.1) is 0 Å². The molecule has 2 aromatic carbocycles. The van der Waals surface area contributed by atoms with Crippen LogP contribution in [0, 0.1) is 30.4 Å². The number of nitrogens with one attached hydrogen (secondary N) is 1. The molecule has 0 spiro atoms. The third-order valence-corrected chi connectivity index (χ3v) is 6.72. The van der Waals surface area contributed by atoms with Crippen molar-refractivity contribution >= 4 is 29.2 Å². The molecule has 33 heavy (non-hydrogen) atoms. The first-order chi connectivity index (χ1) is 15.8. The summed E-state index contributed by atoms with van der Waals surface area (Å²) < 4.78 is 27.4. The minimum Gasteiger partial charge on any atom is -0.325 e. The SMILES string of the molecule is Cc1cc(F)c(F)cc1N1C=C2N=C(C3CN(Cc4ccc(Cl)cc4)CC3C)NC(=O)N2C1. The predicted molar refractivity (Wildman–Crippen MR) is 124 cm³/mol. The van der Waals surface area contributed by atoms with Gasteiger partial charge in [0.25, 0.3) is 0 Å². The number of amidine groups is 1. The van der Waals surface area contributed by atoms with Gasteiger partial charge in [0.2, 0.25) is 0 Å². The number of carbonyl (C=O) groups is 1. The van der Waals surface area contributed by atoms with Crippen LogP contribution in [0.5, 0.6) is 0 Å². The molecule has 0 saturated carbocycles. The highest BCUT2D eigenvalue weighted by Crippen LogP contribution is 2.32. The molecule has 0 aromatic heterocycles. The normalized spacial score (nSPS) is 22.9. The van der Waals surface area contributed by atoms with Gasteiger partial charge >= 0.3 is 6.03 Å². The molecule has 3 aliphatic rings. The van der Waals surface area contributed by atoms with Crippen LogP contribution in [0.2, 0.25) is 5.02 Å². The minimum absolute atomic E-state index is 0.0864. The molecule has 2 aromatic rings. The third kappa shape index (κ3) is 4.20. The fourth-order valence-electron chi connectivity index (χ4n) is 4.73. The molecule has 1 fully saturated rings. The van der Waals surface area contributed by atoms with Crippen molar-refractivity contribution < 1.29 is 13.6 Å². The molecule has 3 aliphatic heterocycles. The molecule has 0 aliphatic carbocycles. The number of aryl methyl sites for hydroxylation is 1. The number of nitrogens with zero attached hydrogens (tertiary/aromatic N) is 4. The molecular formula is C24H24ClF2N5O. The number of halogens is 3. The highest BCUT2D eigenvalue weighted by molar-refractivity contribution is 6.30. The fourth-order valence-corrected chi connectivity index (χ4v) is 4.85. The molecule has 9 heteroatoms. The summed E-state index contributed by atoms with van der Waals surface area (Å²) in [6.07, 6.45) is 1.71. The van der Waals surface area contributed by atoms with Crippen molar-refractivity contribution in [2.24, 2.45) is 16.8 Å². The van der Waals surface area contributed by atoms with Gasteiger partial charge in [-0.15, -0.1) is 0 Å². The summed E-state index contributed by atoms with van der Waals surface area (Å²) in [6.45, 7) is 6.53. The van der Waals surface area contributed by atoms with Crippen molar-refractivity contribution in [2.75, 3.05) is 24.7 Å². The smallest absolute Gasteiger partial charge is 0.325 e. The van der Waals surface area contributed by atoms with Crippen molar-refractivity contribution in [1.29, 1.82) is 0 Å². The maximum atomic E-state index is 13.8. The molecule has 0 bridgehead atoms. The Bertz CT molecular complexity index is 1170. The number of hydrogen-bond acceptors (Lipinski definition) is 4. The van der Waals surface area contributed by atoms with E-state index in [1.807, 2.05) is 24.3 Å². The lowest BCUT2D eigenvalue weighted by atomic mass is 9.96. The van der Waals surface area contributed by atoms with Crippen LogP contribution in [0.1, 0.15) is 18.1 Å². The molecule has 6 nitrogen and oxygen atoms in total. The monoisotopic (exact) mass is 471 g/mol. The van der Waals surface area contributed by atoms with Crippen LogP contribution in [0.3, 0.4) is 0 Å². The van der Waals surface area contributed by atoms with Crippen molar-refractivity contribution in [3.63, 3.8) is 0 Å². The average Bonchev–Trinajstić information content (AvgIpc) is 3.36. The number of amides is 2. The average molecular weight is 472 g/mol. The van der Waals surface area contributed by atoms with Gasteiger partial charge in [-0.3, -0.25) is 15.1 Å². The zero-order valence-electron chi connectivity index (χ0n) is 18.4. The molecule has 2 unspecified atom stereocenters. The van der Waals surface area contributed by atoms with Crippen LogP contribution in [-0.4, -0.2) is 41.4 Å². The third-order valence-electron chi connectivity index (χ3n) is 6.46. The number of benzene rings is 2. The molecule has 2 amide bonds. The second kappa shape index (κ2) is 8.43. The second-order valence-electron chi connectivity index (χ2n) is 8.91. The number of aliphatic imine (C=N–C) groups is 1. The highest BCUT2D eigenvalue weighted by Gasteiger charge is 2.39. The van der Waals surface area contributed by atoms with E-state index < -0.39 is 11.6 Å². The Hall–Kier alpha value is -2.97. The second-order valence-corrected chi connectivity index (χ2v) is 9.35. The van der Waals surface area contributed by atoms with Crippen molar-refractivity contribution in [2.45, 2.75) is 20.4 Å². The summed E-state index contributed by atoms with van der Waals surface area (Å²) in [7, 11) is 0. The number of anilines is 1. The molecule has 172 valence electrons. The highest BCUT2D eigenvalue weighted by atomic mass is 35.5. The Morgan fingerprint density at radius 1 is 1.15 bits per heavy atom. The van der Waals surface area contributed by atoms with Crippen LogP contribution in [-0.2, 0) is 6.54 Å². The molecule has 1 N–H and O–H groups in total. The number of rotatable bonds is 4. The lowest BCUT2D eigenvalue weighted by Gasteiger charge is -2.28. The summed E-state index contributed by atoms with van der Waals surface area (Å²) in [5, 5.41) is 3.67. The Morgan fingerprint density at radius 3 is 2.64 bits per heavy atom. The zero-order chi connectivity index (χ0) is 23.3. The van der Waals surface area contributed by atoms with Crippen LogP contribution >= 0.6 is 11.6 Å². The van der Waals surface area contributed by atoms with E-state index in [9.17, 15) is 13.6 Å².